The predicted octanol–water partition coefficient (Wildman–Crippen LogP) is 4.28. The molecule has 2 fully saturated rings. The summed E-state index contributed by atoms with van der Waals surface area (Å²) in [6, 6.07) is 6.61. The number of hydrogen-bond acceptors (Lipinski definition) is 7. The predicted molar refractivity (Wildman–Crippen MR) is 134 cm³/mol. The SMILES string of the molecule is Cc1cc(C2COC2)c2c(n1)C=C(O)C(c1ccc(N(C)C3CC(C)(C)NC(C)(C)C3)nn1)C2. The third-order valence-electron chi connectivity index (χ3n) is 7.55. The number of hydrogen-bond donors (Lipinski definition) is 2. The van der Waals surface area contributed by atoms with Crippen LogP contribution in [-0.2, 0) is 11.2 Å². The molecule has 1 unspecified atom stereocenters. The fourth-order valence-electron chi connectivity index (χ4n) is 6.12. The standard InChI is InChI=1S/C27H37N5O2/c1-16-9-19(17-14-34-15-17)20-10-21(24(33)11-23(20)28-16)22-7-8-25(30-29-22)32(6)18-12-26(2,3)31-27(4,5)13-18/h7-9,11,17-18,21,31,33H,10,12-15H2,1-6H3. The van der Waals surface area contributed by atoms with E-state index in [4.69, 9.17) is 4.74 Å². The van der Waals surface area contributed by atoms with Crippen molar-refractivity contribution in [2.45, 2.75) is 82.8 Å². The largest absolute Gasteiger partial charge is 0.512 e. The maximum Gasteiger partial charge on any atom is 0.151 e. The number of allylic oxidation sites excluding steroid dienone is 1. The highest BCUT2D eigenvalue weighted by molar-refractivity contribution is 5.60. The summed E-state index contributed by atoms with van der Waals surface area (Å²) in [6.45, 7) is 12.6. The highest BCUT2D eigenvalue weighted by Crippen LogP contribution is 2.39. The van der Waals surface area contributed by atoms with Gasteiger partial charge in [0.25, 0.3) is 0 Å². The summed E-state index contributed by atoms with van der Waals surface area (Å²) in [5.41, 5.74) is 5.26. The van der Waals surface area contributed by atoms with Gasteiger partial charge in [0.15, 0.2) is 5.82 Å². The Kier molecular flexibility index (Phi) is 5.68. The normalized spacial score (nSPS) is 24.2. The molecule has 0 radical (unpaired) electrons. The summed E-state index contributed by atoms with van der Waals surface area (Å²) in [5.74, 6) is 1.37. The lowest BCUT2D eigenvalue weighted by Gasteiger charge is -2.49. The van der Waals surface area contributed by atoms with E-state index in [0.717, 1.165) is 49.0 Å². The Morgan fingerprint density at radius 2 is 1.79 bits per heavy atom. The van der Waals surface area contributed by atoms with Crippen molar-refractivity contribution in [2.75, 3.05) is 25.2 Å². The Hall–Kier alpha value is -2.51. The van der Waals surface area contributed by atoms with Crippen molar-refractivity contribution >= 4 is 11.9 Å². The molecule has 0 spiro atoms. The van der Waals surface area contributed by atoms with Gasteiger partial charge in [-0.05, 0) is 83.2 Å². The molecule has 2 N–H and O–H groups in total. The average molecular weight is 464 g/mol. The van der Waals surface area contributed by atoms with E-state index >= 15 is 0 Å². The first-order valence-corrected chi connectivity index (χ1v) is 12.4. The summed E-state index contributed by atoms with van der Waals surface area (Å²) >= 11 is 0. The van der Waals surface area contributed by atoms with E-state index < -0.39 is 0 Å². The van der Waals surface area contributed by atoms with Gasteiger partial charge in [0, 0.05) is 41.9 Å². The van der Waals surface area contributed by atoms with Gasteiger partial charge in [-0.2, -0.15) is 5.10 Å². The molecule has 4 heterocycles. The minimum absolute atomic E-state index is 0.0652. The van der Waals surface area contributed by atoms with E-state index in [1.165, 1.54) is 11.1 Å². The number of aromatic nitrogens is 3. The summed E-state index contributed by atoms with van der Waals surface area (Å²) in [7, 11) is 2.11. The quantitative estimate of drug-likeness (QED) is 0.700. The Labute approximate surface area is 202 Å². The van der Waals surface area contributed by atoms with Gasteiger partial charge in [-0.1, -0.05) is 0 Å². The Morgan fingerprint density at radius 3 is 2.38 bits per heavy atom. The minimum Gasteiger partial charge on any atom is -0.512 e. The second-order valence-corrected chi connectivity index (χ2v) is 11.7. The minimum atomic E-state index is -0.208. The summed E-state index contributed by atoms with van der Waals surface area (Å²) in [6.07, 6.45) is 4.57. The van der Waals surface area contributed by atoms with Crippen molar-refractivity contribution in [1.29, 1.82) is 0 Å². The zero-order valence-corrected chi connectivity index (χ0v) is 21.2. The lowest BCUT2D eigenvalue weighted by atomic mass is 9.79. The second kappa shape index (κ2) is 8.31. The highest BCUT2D eigenvalue weighted by atomic mass is 16.5. The molecule has 34 heavy (non-hydrogen) atoms. The molecule has 7 nitrogen and oxygen atoms in total. The van der Waals surface area contributed by atoms with E-state index in [1.807, 2.05) is 19.1 Å². The maximum absolute atomic E-state index is 10.9. The Bertz CT molecular complexity index is 1090. The molecule has 3 aliphatic rings. The van der Waals surface area contributed by atoms with Crippen LogP contribution in [0.4, 0.5) is 5.82 Å². The Balaban J connectivity index is 1.38. The first-order valence-electron chi connectivity index (χ1n) is 12.4. The van der Waals surface area contributed by atoms with Crippen LogP contribution in [-0.4, -0.2) is 57.7 Å². The van der Waals surface area contributed by atoms with Crippen LogP contribution in [0.15, 0.2) is 24.0 Å². The van der Waals surface area contributed by atoms with Crippen LogP contribution in [0.3, 0.4) is 0 Å². The number of piperidine rings is 1. The van der Waals surface area contributed by atoms with Gasteiger partial charge in [-0.15, -0.1) is 5.10 Å². The van der Waals surface area contributed by atoms with E-state index in [1.54, 1.807) is 6.08 Å². The maximum atomic E-state index is 10.9. The van der Waals surface area contributed by atoms with Gasteiger partial charge in [0.2, 0.25) is 0 Å². The number of fused-ring (bicyclic) bond motifs is 1. The topological polar surface area (TPSA) is 83.4 Å². The van der Waals surface area contributed by atoms with Crippen LogP contribution in [0.25, 0.3) is 6.08 Å². The molecule has 5 rings (SSSR count). The van der Waals surface area contributed by atoms with Crippen LogP contribution in [0.1, 0.15) is 80.6 Å². The molecular weight excluding hydrogens is 426 g/mol. The first-order chi connectivity index (χ1) is 16.0. The monoisotopic (exact) mass is 463 g/mol. The highest BCUT2D eigenvalue weighted by Gasteiger charge is 2.39. The molecule has 0 aromatic carbocycles. The third kappa shape index (κ3) is 4.43. The number of rotatable bonds is 4. The molecule has 7 heteroatoms. The van der Waals surface area contributed by atoms with Crippen LogP contribution in [0, 0.1) is 6.92 Å². The Morgan fingerprint density at radius 1 is 1.09 bits per heavy atom. The van der Waals surface area contributed by atoms with Crippen LogP contribution in [0.2, 0.25) is 0 Å². The molecular formula is C27H37N5O2. The zero-order chi connectivity index (χ0) is 24.3. The average Bonchev–Trinajstić information content (AvgIpc) is 2.69. The summed E-state index contributed by atoms with van der Waals surface area (Å²) < 4.78 is 5.45. The number of nitrogens with one attached hydrogen (secondary N) is 1. The van der Waals surface area contributed by atoms with Crippen molar-refractivity contribution < 1.29 is 9.84 Å². The molecule has 1 aliphatic carbocycles. The third-order valence-corrected chi connectivity index (χ3v) is 7.55. The van der Waals surface area contributed by atoms with Gasteiger partial charge in [0.05, 0.1) is 30.5 Å². The molecule has 2 saturated heterocycles. The van der Waals surface area contributed by atoms with E-state index in [2.05, 4.69) is 66.2 Å². The molecule has 0 bridgehead atoms. The molecule has 2 aromatic heterocycles. The van der Waals surface area contributed by atoms with Crippen molar-refractivity contribution in [3.05, 3.63) is 52.2 Å². The molecule has 2 aromatic rings. The molecule has 1 atom stereocenters. The van der Waals surface area contributed by atoms with Crippen LogP contribution < -0.4 is 10.2 Å². The van der Waals surface area contributed by atoms with Gasteiger partial charge >= 0.3 is 0 Å². The number of ether oxygens (including phenoxy) is 1. The lowest BCUT2D eigenvalue weighted by molar-refractivity contribution is 0.00796. The van der Waals surface area contributed by atoms with Gasteiger partial charge in [-0.25, -0.2) is 0 Å². The number of aryl methyl sites for hydroxylation is 1. The van der Waals surface area contributed by atoms with Crippen molar-refractivity contribution in [3.8, 4) is 0 Å². The van der Waals surface area contributed by atoms with E-state index in [-0.39, 0.29) is 17.0 Å². The molecule has 2 aliphatic heterocycles. The zero-order valence-electron chi connectivity index (χ0n) is 21.2. The molecule has 0 saturated carbocycles. The van der Waals surface area contributed by atoms with E-state index in [9.17, 15) is 5.11 Å². The fourth-order valence-corrected chi connectivity index (χ4v) is 6.12. The number of aliphatic hydroxyl groups excluding tert-OH is 1. The van der Waals surface area contributed by atoms with Crippen LogP contribution in [0.5, 0.6) is 0 Å². The van der Waals surface area contributed by atoms with Crippen molar-refractivity contribution in [2.24, 2.45) is 0 Å². The summed E-state index contributed by atoms with van der Waals surface area (Å²) in [4.78, 5) is 6.94. The van der Waals surface area contributed by atoms with Gasteiger partial charge < -0.3 is 20.1 Å². The summed E-state index contributed by atoms with van der Waals surface area (Å²) in [5, 5.41) is 23.8. The molecule has 0 amide bonds. The smallest absolute Gasteiger partial charge is 0.151 e. The lowest BCUT2D eigenvalue weighted by Crippen LogP contribution is -2.62. The van der Waals surface area contributed by atoms with Crippen molar-refractivity contribution in [3.63, 3.8) is 0 Å². The van der Waals surface area contributed by atoms with E-state index in [0.29, 0.717) is 24.1 Å². The number of anilines is 1. The molecule has 182 valence electrons. The van der Waals surface area contributed by atoms with Crippen molar-refractivity contribution in [1.82, 2.24) is 20.5 Å². The van der Waals surface area contributed by atoms with Crippen LogP contribution >= 0.6 is 0 Å². The number of nitrogens with zero attached hydrogens (tertiary/aromatic N) is 4. The second-order valence-electron chi connectivity index (χ2n) is 11.7. The number of aliphatic hydroxyl groups is 1. The first kappa shape index (κ1) is 23.2. The van der Waals surface area contributed by atoms with Gasteiger partial charge in [0.1, 0.15) is 5.76 Å². The van der Waals surface area contributed by atoms with Gasteiger partial charge in [-0.3, -0.25) is 4.98 Å². The number of pyridine rings is 1. The fraction of sp³-hybridized carbons (Fsp3) is 0.593.